The van der Waals surface area contributed by atoms with E-state index >= 15 is 0 Å². The minimum absolute atomic E-state index is 0.000823. The van der Waals surface area contributed by atoms with Crippen molar-refractivity contribution >= 4 is 27.5 Å². The number of halogens is 1. The van der Waals surface area contributed by atoms with Crippen molar-refractivity contribution in [3.05, 3.63) is 48.3 Å². The average Bonchev–Trinajstić information content (AvgIpc) is 2.49. The zero-order valence-electron chi connectivity index (χ0n) is 12.2. The smallest absolute Gasteiger partial charge is 0.262 e. The summed E-state index contributed by atoms with van der Waals surface area (Å²) >= 11 is 1.53. The third-order valence-electron chi connectivity index (χ3n) is 2.86. The molecule has 7 heteroatoms. The summed E-state index contributed by atoms with van der Waals surface area (Å²) in [6.45, 7) is 1.98. The predicted octanol–water partition coefficient (Wildman–Crippen LogP) is 3.75. The summed E-state index contributed by atoms with van der Waals surface area (Å²) in [7, 11) is -2.54. The van der Waals surface area contributed by atoms with Gasteiger partial charge in [0.1, 0.15) is 0 Å². The molecule has 0 atom stereocenters. The lowest BCUT2D eigenvalue weighted by molar-refractivity contribution is 0.385. The Morgan fingerprint density at radius 2 is 1.95 bits per heavy atom. The fraction of sp³-hybridized carbons (Fsp3) is 0.200. The summed E-state index contributed by atoms with van der Waals surface area (Å²) in [5.41, 5.74) is 0.477. The number of methoxy groups -OCH3 is 1. The molecule has 0 radical (unpaired) electrons. The van der Waals surface area contributed by atoms with E-state index < -0.39 is 15.8 Å². The van der Waals surface area contributed by atoms with Crippen molar-refractivity contribution in [3.63, 3.8) is 0 Å². The van der Waals surface area contributed by atoms with E-state index in [1.807, 2.05) is 19.1 Å². The number of anilines is 1. The maximum atomic E-state index is 13.7. The minimum Gasteiger partial charge on any atom is -0.494 e. The summed E-state index contributed by atoms with van der Waals surface area (Å²) in [6.07, 6.45) is 0. The first kappa shape index (κ1) is 16.6. The van der Waals surface area contributed by atoms with Gasteiger partial charge in [0.15, 0.2) is 11.6 Å². The van der Waals surface area contributed by atoms with Crippen LogP contribution in [-0.4, -0.2) is 21.3 Å². The molecule has 118 valence electrons. The number of nitrogens with one attached hydrogen (secondary N) is 1. The van der Waals surface area contributed by atoms with Crippen molar-refractivity contribution in [3.8, 4) is 5.75 Å². The zero-order valence-corrected chi connectivity index (χ0v) is 13.8. The van der Waals surface area contributed by atoms with Crippen molar-refractivity contribution in [2.45, 2.75) is 16.7 Å². The first-order valence-electron chi connectivity index (χ1n) is 6.56. The lowest BCUT2D eigenvalue weighted by Crippen LogP contribution is -2.14. The fourth-order valence-corrected chi connectivity index (χ4v) is 3.77. The molecule has 0 bridgehead atoms. The van der Waals surface area contributed by atoms with Crippen LogP contribution < -0.4 is 9.46 Å². The largest absolute Gasteiger partial charge is 0.494 e. The second-order valence-corrected chi connectivity index (χ2v) is 7.32. The van der Waals surface area contributed by atoms with E-state index in [9.17, 15) is 12.8 Å². The molecular weight excluding hydrogens is 325 g/mol. The van der Waals surface area contributed by atoms with E-state index in [4.69, 9.17) is 4.74 Å². The Balaban J connectivity index is 2.34. The van der Waals surface area contributed by atoms with Crippen LogP contribution >= 0.6 is 11.8 Å². The Kier molecular flexibility index (Phi) is 5.31. The second-order valence-electron chi connectivity index (χ2n) is 4.33. The summed E-state index contributed by atoms with van der Waals surface area (Å²) in [6, 6.07) is 10.6. The van der Waals surface area contributed by atoms with E-state index in [2.05, 4.69) is 4.72 Å². The molecule has 0 aromatic heterocycles. The van der Waals surface area contributed by atoms with Crippen LogP contribution in [0.2, 0.25) is 0 Å². The van der Waals surface area contributed by atoms with Crippen LogP contribution in [0.25, 0.3) is 0 Å². The Labute approximate surface area is 133 Å². The number of sulfonamides is 1. The lowest BCUT2D eigenvalue weighted by atomic mass is 10.3. The van der Waals surface area contributed by atoms with E-state index in [0.29, 0.717) is 5.69 Å². The van der Waals surface area contributed by atoms with Crippen LogP contribution in [0.3, 0.4) is 0 Å². The third kappa shape index (κ3) is 3.72. The van der Waals surface area contributed by atoms with Gasteiger partial charge in [-0.1, -0.05) is 19.1 Å². The molecule has 1 N–H and O–H groups in total. The number of hydrogen-bond donors (Lipinski definition) is 1. The monoisotopic (exact) mass is 341 g/mol. The Bertz CT molecular complexity index is 763. The van der Waals surface area contributed by atoms with Crippen molar-refractivity contribution in [2.24, 2.45) is 0 Å². The maximum absolute atomic E-state index is 13.7. The average molecular weight is 341 g/mol. The molecular formula is C15H16FNO3S2. The number of ether oxygens (including phenoxy) is 1. The molecule has 0 saturated carbocycles. The van der Waals surface area contributed by atoms with E-state index in [1.165, 1.54) is 31.0 Å². The Hall–Kier alpha value is -1.73. The van der Waals surface area contributed by atoms with Gasteiger partial charge in [0.25, 0.3) is 10.0 Å². The van der Waals surface area contributed by atoms with Gasteiger partial charge in [-0.25, -0.2) is 12.8 Å². The fourth-order valence-electron chi connectivity index (χ4n) is 1.85. The molecule has 0 aliphatic carbocycles. The summed E-state index contributed by atoms with van der Waals surface area (Å²) in [4.78, 5) is 0.671. The van der Waals surface area contributed by atoms with Gasteiger partial charge in [0.2, 0.25) is 0 Å². The molecule has 4 nitrogen and oxygen atoms in total. The van der Waals surface area contributed by atoms with Gasteiger partial charge >= 0.3 is 0 Å². The van der Waals surface area contributed by atoms with Gasteiger partial charge in [0, 0.05) is 4.90 Å². The highest BCUT2D eigenvalue weighted by molar-refractivity contribution is 7.99. The topological polar surface area (TPSA) is 55.4 Å². The van der Waals surface area contributed by atoms with Gasteiger partial charge in [-0.15, -0.1) is 11.8 Å². The number of para-hydroxylation sites is 1. The SMILES string of the molecule is CCSc1ccccc1NS(=O)(=O)c1ccc(OC)c(F)c1. The van der Waals surface area contributed by atoms with Gasteiger partial charge in [-0.2, -0.15) is 0 Å². The molecule has 22 heavy (non-hydrogen) atoms. The summed E-state index contributed by atoms with van der Waals surface area (Å²) < 4.78 is 45.7. The highest BCUT2D eigenvalue weighted by Gasteiger charge is 2.18. The van der Waals surface area contributed by atoms with Gasteiger partial charge in [-0.05, 0) is 36.1 Å². The Morgan fingerprint density at radius 3 is 2.59 bits per heavy atom. The van der Waals surface area contributed by atoms with Crippen molar-refractivity contribution in [1.29, 1.82) is 0 Å². The third-order valence-corrected chi connectivity index (χ3v) is 5.18. The van der Waals surface area contributed by atoms with Crippen LogP contribution in [0.15, 0.2) is 52.3 Å². The highest BCUT2D eigenvalue weighted by atomic mass is 32.2. The molecule has 0 fully saturated rings. The lowest BCUT2D eigenvalue weighted by Gasteiger charge is -2.12. The van der Waals surface area contributed by atoms with Gasteiger partial charge in [-0.3, -0.25) is 4.72 Å². The maximum Gasteiger partial charge on any atom is 0.262 e. The predicted molar refractivity (Wildman–Crippen MR) is 86.6 cm³/mol. The van der Waals surface area contributed by atoms with Crippen molar-refractivity contribution in [1.82, 2.24) is 0 Å². The molecule has 0 aliphatic heterocycles. The second kappa shape index (κ2) is 7.02. The van der Waals surface area contributed by atoms with Crippen LogP contribution in [0, 0.1) is 5.82 Å². The quantitative estimate of drug-likeness (QED) is 0.813. The van der Waals surface area contributed by atoms with Crippen LogP contribution in [0.1, 0.15) is 6.92 Å². The molecule has 0 unspecified atom stereocenters. The molecule has 0 aliphatic rings. The van der Waals surface area contributed by atoms with Crippen LogP contribution in [0.5, 0.6) is 5.75 Å². The molecule has 2 aromatic carbocycles. The molecule has 0 saturated heterocycles. The molecule has 0 amide bonds. The van der Waals surface area contributed by atoms with Crippen LogP contribution in [-0.2, 0) is 10.0 Å². The van der Waals surface area contributed by atoms with Crippen molar-refractivity contribution < 1.29 is 17.5 Å². The number of benzene rings is 2. The zero-order chi connectivity index (χ0) is 16.2. The van der Waals surface area contributed by atoms with E-state index in [0.717, 1.165) is 16.7 Å². The Morgan fingerprint density at radius 1 is 1.23 bits per heavy atom. The van der Waals surface area contributed by atoms with Crippen LogP contribution in [0.4, 0.5) is 10.1 Å². The summed E-state index contributed by atoms with van der Waals surface area (Å²) in [5.74, 6) is 0.0955. The summed E-state index contributed by atoms with van der Waals surface area (Å²) in [5, 5.41) is 0. The molecule has 0 heterocycles. The number of rotatable bonds is 6. The minimum atomic E-state index is -3.86. The molecule has 0 spiro atoms. The number of hydrogen-bond acceptors (Lipinski definition) is 4. The van der Waals surface area contributed by atoms with Crippen molar-refractivity contribution in [2.75, 3.05) is 17.6 Å². The van der Waals surface area contributed by atoms with E-state index in [1.54, 1.807) is 12.1 Å². The highest BCUT2D eigenvalue weighted by Crippen LogP contribution is 2.29. The first-order chi connectivity index (χ1) is 10.5. The molecule has 2 rings (SSSR count). The van der Waals surface area contributed by atoms with Gasteiger partial charge < -0.3 is 4.74 Å². The van der Waals surface area contributed by atoms with Gasteiger partial charge in [0.05, 0.1) is 17.7 Å². The first-order valence-corrected chi connectivity index (χ1v) is 9.03. The molecule has 2 aromatic rings. The normalized spacial score (nSPS) is 11.2. The van der Waals surface area contributed by atoms with E-state index in [-0.39, 0.29) is 10.6 Å². The number of thioether (sulfide) groups is 1. The standard InChI is InChI=1S/C15H16FNO3S2/c1-3-21-15-7-5-4-6-13(15)17-22(18,19)11-8-9-14(20-2)12(16)10-11/h4-10,17H,3H2,1-2H3.